The summed E-state index contributed by atoms with van der Waals surface area (Å²) in [7, 11) is -2.36. The zero-order valence-corrected chi connectivity index (χ0v) is 7.88. The van der Waals surface area contributed by atoms with E-state index in [0.29, 0.717) is 10.9 Å². The minimum absolute atomic E-state index is 0.457. The van der Waals surface area contributed by atoms with Crippen LogP contribution in [0.4, 0.5) is 0 Å². The minimum atomic E-state index is -2.36. The van der Waals surface area contributed by atoms with Crippen molar-refractivity contribution >= 4 is 12.4 Å². The fourth-order valence-corrected chi connectivity index (χ4v) is 1.96. The lowest BCUT2D eigenvalue weighted by Gasteiger charge is -2.06. The molecule has 0 aliphatic heterocycles. The molecule has 4 heteroatoms. The van der Waals surface area contributed by atoms with Crippen LogP contribution in [0.2, 0.25) is 0 Å². The molecule has 0 aliphatic rings. The molecule has 0 saturated carbocycles. The molecule has 0 unspecified atom stereocenters. The van der Waals surface area contributed by atoms with Crippen molar-refractivity contribution in [3.63, 3.8) is 0 Å². The molecule has 3 nitrogen and oxygen atoms in total. The molecule has 1 aromatic heterocycles. The zero-order valence-electron chi connectivity index (χ0n) is 6.98. The van der Waals surface area contributed by atoms with Crippen molar-refractivity contribution in [2.75, 3.05) is 13.3 Å². The van der Waals surface area contributed by atoms with Gasteiger partial charge in [-0.15, -0.1) is 0 Å². The van der Waals surface area contributed by atoms with Crippen molar-refractivity contribution in [2.45, 2.75) is 0 Å². The Morgan fingerprint density at radius 1 is 1.58 bits per heavy atom. The van der Waals surface area contributed by atoms with Crippen LogP contribution in [0.1, 0.15) is 5.56 Å². The summed E-state index contributed by atoms with van der Waals surface area (Å²) in [6, 6.07) is 3.57. The summed E-state index contributed by atoms with van der Waals surface area (Å²) in [6.07, 6.45) is 3.02. The molecule has 0 bridgehead atoms. The molecule has 1 rings (SSSR count). The van der Waals surface area contributed by atoms with Crippen LogP contribution in [-0.4, -0.2) is 18.3 Å². The molecule has 12 heavy (non-hydrogen) atoms. The number of aromatic nitrogens is 1. The maximum absolute atomic E-state index is 11.6. The third-order valence-corrected chi connectivity index (χ3v) is 3.02. The van der Waals surface area contributed by atoms with Gasteiger partial charge in [0.2, 0.25) is 0 Å². The van der Waals surface area contributed by atoms with Crippen LogP contribution in [0.3, 0.4) is 0 Å². The highest BCUT2D eigenvalue weighted by molar-refractivity contribution is 7.70. The lowest BCUT2D eigenvalue weighted by Crippen LogP contribution is -2.08. The van der Waals surface area contributed by atoms with E-state index in [1.54, 1.807) is 19.4 Å². The molecule has 0 aromatic carbocycles. The predicted molar refractivity (Wildman–Crippen MR) is 48.0 cm³/mol. The van der Waals surface area contributed by atoms with Crippen molar-refractivity contribution < 1.29 is 4.57 Å². The highest BCUT2D eigenvalue weighted by atomic mass is 31.2. The van der Waals surface area contributed by atoms with Gasteiger partial charge in [-0.1, -0.05) is 0 Å². The van der Waals surface area contributed by atoms with Crippen LogP contribution in [0.15, 0.2) is 18.5 Å². The quantitative estimate of drug-likeness (QED) is 0.610. The van der Waals surface area contributed by atoms with Crippen molar-refractivity contribution in [1.29, 1.82) is 5.26 Å². The fraction of sp³-hybridized carbons (Fsp3) is 0.250. The Bertz CT molecular complexity index is 375. The summed E-state index contributed by atoms with van der Waals surface area (Å²) in [4.78, 5) is 3.84. The Morgan fingerprint density at radius 2 is 2.25 bits per heavy atom. The molecular weight excluding hydrogens is 171 g/mol. The van der Waals surface area contributed by atoms with Crippen LogP contribution < -0.4 is 5.30 Å². The summed E-state index contributed by atoms with van der Waals surface area (Å²) in [5.74, 6) is 0. The summed E-state index contributed by atoms with van der Waals surface area (Å²) in [6.45, 7) is 3.26. The van der Waals surface area contributed by atoms with Crippen molar-refractivity contribution in [3.8, 4) is 6.07 Å². The first-order chi connectivity index (χ1) is 5.55. The standard InChI is InChI=1S/C8H9N2OP/c1-12(2,11)8-6-10-4-3-7(8)5-9/h3-4,6H,1-2H3. The van der Waals surface area contributed by atoms with E-state index in [0.717, 1.165) is 0 Å². The number of hydrogen-bond donors (Lipinski definition) is 0. The lowest BCUT2D eigenvalue weighted by molar-refractivity contribution is 0.588. The molecule has 0 radical (unpaired) electrons. The molecule has 0 amide bonds. The molecule has 62 valence electrons. The second kappa shape index (κ2) is 3.08. The Balaban J connectivity index is 3.36. The van der Waals surface area contributed by atoms with E-state index < -0.39 is 7.14 Å². The Hall–Kier alpha value is -1.13. The van der Waals surface area contributed by atoms with Gasteiger partial charge >= 0.3 is 0 Å². The van der Waals surface area contributed by atoms with E-state index in [4.69, 9.17) is 5.26 Å². The highest BCUT2D eigenvalue weighted by Gasteiger charge is 2.15. The van der Waals surface area contributed by atoms with E-state index in [1.807, 2.05) is 6.07 Å². The van der Waals surface area contributed by atoms with Crippen molar-refractivity contribution in [3.05, 3.63) is 24.0 Å². The Morgan fingerprint density at radius 3 is 2.67 bits per heavy atom. The van der Waals surface area contributed by atoms with Gasteiger partial charge in [0.15, 0.2) is 0 Å². The van der Waals surface area contributed by atoms with Crippen LogP contribution >= 0.6 is 7.14 Å². The first kappa shape index (κ1) is 8.96. The summed E-state index contributed by atoms with van der Waals surface area (Å²) in [5.41, 5.74) is 0.457. The fourth-order valence-electron chi connectivity index (χ4n) is 0.910. The molecule has 0 fully saturated rings. The average molecular weight is 180 g/mol. The molecule has 0 spiro atoms. The van der Waals surface area contributed by atoms with Gasteiger partial charge in [-0.2, -0.15) is 5.26 Å². The predicted octanol–water partition coefficient (Wildman–Crippen LogP) is 1.20. The molecule has 0 N–H and O–H groups in total. The van der Waals surface area contributed by atoms with Gasteiger partial charge in [0.1, 0.15) is 13.2 Å². The Labute approximate surface area is 71.4 Å². The third kappa shape index (κ3) is 1.72. The van der Waals surface area contributed by atoms with Gasteiger partial charge < -0.3 is 4.57 Å². The number of hydrogen-bond acceptors (Lipinski definition) is 3. The molecule has 0 atom stereocenters. The average Bonchev–Trinajstić information content (AvgIpc) is 2.03. The smallest absolute Gasteiger partial charge is 0.112 e. The van der Waals surface area contributed by atoms with Gasteiger partial charge in [-0.3, -0.25) is 4.98 Å². The van der Waals surface area contributed by atoms with Gasteiger partial charge in [0.25, 0.3) is 0 Å². The first-order valence-electron chi connectivity index (χ1n) is 3.45. The normalized spacial score (nSPS) is 10.8. The van der Waals surface area contributed by atoms with Crippen molar-refractivity contribution in [1.82, 2.24) is 4.98 Å². The van der Waals surface area contributed by atoms with Crippen molar-refractivity contribution in [2.24, 2.45) is 0 Å². The molecule has 0 aliphatic carbocycles. The van der Waals surface area contributed by atoms with Gasteiger partial charge in [0, 0.05) is 17.7 Å². The SMILES string of the molecule is CP(C)(=O)c1cnccc1C#N. The molecular formula is C8H9N2OP. The van der Waals surface area contributed by atoms with E-state index >= 15 is 0 Å². The molecule has 1 heterocycles. The zero-order chi connectivity index (χ0) is 9.19. The van der Waals surface area contributed by atoms with E-state index in [9.17, 15) is 4.57 Å². The van der Waals surface area contributed by atoms with E-state index in [-0.39, 0.29) is 0 Å². The maximum atomic E-state index is 11.6. The second-order valence-corrected chi connectivity index (χ2v) is 6.04. The highest BCUT2D eigenvalue weighted by Crippen LogP contribution is 2.35. The Kier molecular flexibility index (Phi) is 2.30. The summed E-state index contributed by atoms with van der Waals surface area (Å²) >= 11 is 0. The number of pyridine rings is 1. The largest absolute Gasteiger partial charge is 0.319 e. The minimum Gasteiger partial charge on any atom is -0.319 e. The van der Waals surface area contributed by atoms with Gasteiger partial charge in [0.05, 0.1) is 5.56 Å². The monoisotopic (exact) mass is 180 g/mol. The van der Waals surface area contributed by atoms with Crippen LogP contribution in [0.25, 0.3) is 0 Å². The van der Waals surface area contributed by atoms with E-state index in [2.05, 4.69) is 4.98 Å². The van der Waals surface area contributed by atoms with Gasteiger partial charge in [-0.05, 0) is 19.4 Å². The van der Waals surface area contributed by atoms with E-state index in [1.165, 1.54) is 12.4 Å². The molecule has 0 saturated heterocycles. The summed E-state index contributed by atoms with van der Waals surface area (Å²) in [5, 5.41) is 9.25. The molecule has 1 aromatic rings. The lowest BCUT2D eigenvalue weighted by atomic mass is 10.3. The first-order valence-corrected chi connectivity index (χ1v) is 6.05. The van der Waals surface area contributed by atoms with Gasteiger partial charge in [-0.25, -0.2) is 0 Å². The van der Waals surface area contributed by atoms with Crippen LogP contribution in [-0.2, 0) is 4.57 Å². The third-order valence-electron chi connectivity index (χ3n) is 1.50. The maximum Gasteiger partial charge on any atom is 0.112 e. The van der Waals surface area contributed by atoms with Crippen LogP contribution in [0.5, 0.6) is 0 Å². The second-order valence-electron chi connectivity index (χ2n) is 2.86. The topological polar surface area (TPSA) is 53.8 Å². The number of nitrogens with zero attached hydrogens (tertiary/aromatic N) is 2. The number of rotatable bonds is 1. The van der Waals surface area contributed by atoms with Crippen LogP contribution in [0, 0.1) is 11.3 Å². The number of nitriles is 1. The summed E-state index contributed by atoms with van der Waals surface area (Å²) < 4.78 is 11.6.